The molecule has 4 rings (SSSR count). The van der Waals surface area contributed by atoms with Crippen LogP contribution in [0.25, 0.3) is 21.7 Å². The van der Waals surface area contributed by atoms with E-state index in [1.165, 1.54) is 4.68 Å². The van der Waals surface area contributed by atoms with E-state index in [0.29, 0.717) is 10.8 Å². The van der Waals surface area contributed by atoms with E-state index in [9.17, 15) is 14.4 Å². The smallest absolute Gasteiger partial charge is 0.273 e. The molecule has 4 aromatic rings. The van der Waals surface area contributed by atoms with Gasteiger partial charge in [0.15, 0.2) is 0 Å². The van der Waals surface area contributed by atoms with Crippen molar-refractivity contribution in [1.29, 1.82) is 0 Å². The Labute approximate surface area is 152 Å². The maximum atomic E-state index is 12.4. The molecule has 0 atom stereocenters. The second-order valence-electron chi connectivity index (χ2n) is 6.19. The summed E-state index contributed by atoms with van der Waals surface area (Å²) in [6.45, 7) is 0.396. The summed E-state index contributed by atoms with van der Waals surface area (Å²) in [7, 11) is 0. The average Bonchev–Trinajstić information content (AvgIpc) is 3.09. The van der Waals surface area contributed by atoms with Crippen LogP contribution in [0.3, 0.4) is 0 Å². The van der Waals surface area contributed by atoms with E-state index in [0.717, 1.165) is 16.6 Å². The first kappa shape index (κ1) is 16.8. The van der Waals surface area contributed by atoms with Crippen molar-refractivity contribution < 1.29 is 4.79 Å². The lowest BCUT2D eigenvalue weighted by Crippen LogP contribution is -2.35. The fraction of sp³-hybridized carbons (Fsp3) is 0.158. The highest BCUT2D eigenvalue weighted by Crippen LogP contribution is 2.15. The number of para-hydroxylation sites is 1. The topological polar surface area (TPSA) is 113 Å². The monoisotopic (exact) mass is 363 g/mol. The molecule has 0 bridgehead atoms. The van der Waals surface area contributed by atoms with E-state index in [2.05, 4.69) is 20.6 Å². The second-order valence-corrected chi connectivity index (χ2v) is 6.19. The Morgan fingerprint density at radius 3 is 2.52 bits per heavy atom. The van der Waals surface area contributed by atoms with Gasteiger partial charge in [0, 0.05) is 11.9 Å². The number of nitrogens with one attached hydrogen (secondary N) is 3. The Bertz CT molecular complexity index is 1250. The molecule has 1 amide bonds. The van der Waals surface area contributed by atoms with Gasteiger partial charge in [-0.1, -0.05) is 30.3 Å². The van der Waals surface area contributed by atoms with Crippen LogP contribution in [0.5, 0.6) is 0 Å². The molecule has 0 aliphatic carbocycles. The highest BCUT2D eigenvalue weighted by Gasteiger charge is 2.10. The number of nitrogens with zero attached hydrogens (tertiary/aromatic N) is 2. The van der Waals surface area contributed by atoms with Gasteiger partial charge in [-0.3, -0.25) is 24.6 Å². The predicted molar refractivity (Wildman–Crippen MR) is 102 cm³/mol. The highest BCUT2D eigenvalue weighted by molar-refractivity contribution is 5.87. The Morgan fingerprint density at radius 1 is 1.00 bits per heavy atom. The van der Waals surface area contributed by atoms with Gasteiger partial charge in [-0.2, -0.15) is 5.10 Å². The lowest BCUT2D eigenvalue weighted by Gasteiger charge is -2.08. The summed E-state index contributed by atoms with van der Waals surface area (Å²) >= 11 is 0. The SMILES string of the molecule is O=C(Cc1[nH]nc2ccccc12)NCCn1[nH]c(=O)c2ccccc2c1=O. The number of carbonyl (C=O) groups is 1. The Kier molecular flexibility index (Phi) is 4.29. The number of hydrogen-bond acceptors (Lipinski definition) is 4. The molecule has 0 fully saturated rings. The molecule has 136 valence electrons. The molecule has 3 N–H and O–H groups in total. The fourth-order valence-electron chi connectivity index (χ4n) is 3.08. The van der Waals surface area contributed by atoms with E-state index in [-0.39, 0.29) is 36.5 Å². The molecule has 0 radical (unpaired) electrons. The highest BCUT2D eigenvalue weighted by atomic mass is 16.2. The maximum Gasteiger partial charge on any atom is 0.273 e. The van der Waals surface area contributed by atoms with Crippen molar-refractivity contribution in [1.82, 2.24) is 25.3 Å². The second kappa shape index (κ2) is 6.91. The first-order chi connectivity index (χ1) is 13.1. The summed E-state index contributed by atoms with van der Waals surface area (Å²) in [4.78, 5) is 36.7. The van der Waals surface area contributed by atoms with E-state index in [1.807, 2.05) is 24.3 Å². The molecule has 0 spiro atoms. The summed E-state index contributed by atoms with van der Waals surface area (Å²) in [5.74, 6) is -0.194. The number of amides is 1. The third-order valence-electron chi connectivity index (χ3n) is 4.42. The lowest BCUT2D eigenvalue weighted by molar-refractivity contribution is -0.120. The molecule has 2 heterocycles. The van der Waals surface area contributed by atoms with Crippen LogP contribution in [0.2, 0.25) is 0 Å². The zero-order valence-electron chi connectivity index (χ0n) is 14.4. The van der Waals surface area contributed by atoms with Gasteiger partial charge in [-0.25, -0.2) is 4.68 Å². The van der Waals surface area contributed by atoms with Gasteiger partial charge in [-0.15, -0.1) is 0 Å². The summed E-state index contributed by atoms with van der Waals surface area (Å²) in [6.07, 6.45) is 0.156. The van der Waals surface area contributed by atoms with Gasteiger partial charge < -0.3 is 5.32 Å². The van der Waals surface area contributed by atoms with Crippen LogP contribution in [0.1, 0.15) is 5.69 Å². The predicted octanol–water partition coefficient (Wildman–Crippen LogP) is 0.925. The molecular weight excluding hydrogens is 346 g/mol. The van der Waals surface area contributed by atoms with Crippen LogP contribution in [0.4, 0.5) is 0 Å². The van der Waals surface area contributed by atoms with Crippen molar-refractivity contribution in [2.45, 2.75) is 13.0 Å². The molecule has 0 aliphatic heterocycles. The first-order valence-electron chi connectivity index (χ1n) is 8.54. The summed E-state index contributed by atoms with van der Waals surface area (Å²) in [5, 5.41) is 14.0. The number of aromatic amines is 2. The van der Waals surface area contributed by atoms with Crippen LogP contribution < -0.4 is 16.4 Å². The first-order valence-corrected chi connectivity index (χ1v) is 8.54. The Hall–Kier alpha value is -3.68. The van der Waals surface area contributed by atoms with Crippen molar-refractivity contribution in [2.75, 3.05) is 6.54 Å². The third-order valence-corrected chi connectivity index (χ3v) is 4.42. The number of aromatic nitrogens is 4. The van der Waals surface area contributed by atoms with E-state index >= 15 is 0 Å². The van der Waals surface area contributed by atoms with Crippen molar-refractivity contribution in [3.05, 3.63) is 74.9 Å². The minimum atomic E-state index is -0.333. The van der Waals surface area contributed by atoms with Gasteiger partial charge in [0.1, 0.15) is 0 Å². The molecular formula is C19H17N5O3. The van der Waals surface area contributed by atoms with Gasteiger partial charge in [0.05, 0.1) is 34.9 Å². The summed E-state index contributed by atoms with van der Waals surface area (Å²) in [5.41, 5.74) is 0.916. The number of benzene rings is 2. The number of fused-ring (bicyclic) bond motifs is 2. The molecule has 27 heavy (non-hydrogen) atoms. The lowest BCUT2D eigenvalue weighted by atomic mass is 10.1. The zero-order chi connectivity index (χ0) is 18.8. The zero-order valence-corrected chi connectivity index (χ0v) is 14.4. The average molecular weight is 363 g/mol. The van der Waals surface area contributed by atoms with Crippen molar-refractivity contribution in [3.63, 3.8) is 0 Å². The van der Waals surface area contributed by atoms with Crippen LogP contribution in [-0.2, 0) is 17.8 Å². The normalized spacial score (nSPS) is 11.1. The van der Waals surface area contributed by atoms with Gasteiger partial charge in [0.2, 0.25) is 5.91 Å². The van der Waals surface area contributed by atoms with Gasteiger partial charge >= 0.3 is 0 Å². The number of H-pyrrole nitrogens is 2. The van der Waals surface area contributed by atoms with Crippen LogP contribution in [-0.4, -0.2) is 32.4 Å². The molecule has 0 aliphatic rings. The molecule has 0 unspecified atom stereocenters. The molecule has 2 aromatic carbocycles. The molecule has 2 aromatic heterocycles. The van der Waals surface area contributed by atoms with Crippen LogP contribution >= 0.6 is 0 Å². The fourth-order valence-corrected chi connectivity index (χ4v) is 3.08. The van der Waals surface area contributed by atoms with E-state index in [4.69, 9.17) is 0 Å². The molecule has 0 saturated carbocycles. The molecule has 8 nitrogen and oxygen atoms in total. The van der Waals surface area contributed by atoms with Crippen molar-refractivity contribution >= 4 is 27.6 Å². The molecule has 0 saturated heterocycles. The number of rotatable bonds is 5. The summed E-state index contributed by atoms with van der Waals surface area (Å²) in [6, 6.07) is 14.2. The Morgan fingerprint density at radius 2 is 1.70 bits per heavy atom. The quantitative estimate of drug-likeness (QED) is 0.489. The van der Waals surface area contributed by atoms with Gasteiger partial charge in [-0.05, 0) is 18.2 Å². The van der Waals surface area contributed by atoms with Crippen LogP contribution in [0, 0.1) is 0 Å². The van der Waals surface area contributed by atoms with Gasteiger partial charge in [0.25, 0.3) is 11.1 Å². The largest absolute Gasteiger partial charge is 0.354 e. The standard InChI is InChI=1S/C19H17N5O3/c25-17(11-16-14-7-3-4-8-15(14)21-22-16)20-9-10-24-19(27)13-6-2-1-5-12(13)18(26)23-24/h1-8H,9-11H2,(H,20,25)(H,21,22)(H,23,26). The Balaban J connectivity index is 1.43. The minimum absolute atomic E-state index is 0.156. The number of carbonyl (C=O) groups excluding carboxylic acids is 1. The number of hydrogen-bond donors (Lipinski definition) is 3. The molecule has 8 heteroatoms. The summed E-state index contributed by atoms with van der Waals surface area (Å²) < 4.78 is 1.22. The van der Waals surface area contributed by atoms with E-state index < -0.39 is 0 Å². The third kappa shape index (κ3) is 3.24. The van der Waals surface area contributed by atoms with Crippen molar-refractivity contribution in [3.8, 4) is 0 Å². The van der Waals surface area contributed by atoms with Crippen LogP contribution in [0.15, 0.2) is 58.1 Å². The van der Waals surface area contributed by atoms with E-state index in [1.54, 1.807) is 24.3 Å². The van der Waals surface area contributed by atoms with Crippen molar-refractivity contribution in [2.24, 2.45) is 0 Å². The maximum absolute atomic E-state index is 12.4. The minimum Gasteiger partial charge on any atom is -0.354 e.